The number of hydrogen-bond acceptors (Lipinski definition) is 1. The minimum Gasteiger partial charge on any atom is -0.316 e. The molecule has 0 heterocycles. The van der Waals surface area contributed by atoms with Gasteiger partial charge in [-0.25, -0.2) is 0 Å². The number of nitrogens with one attached hydrogen (secondary N) is 1. The van der Waals surface area contributed by atoms with Crippen LogP contribution < -0.4 is 5.32 Å². The summed E-state index contributed by atoms with van der Waals surface area (Å²) in [4.78, 5) is 0. The zero-order chi connectivity index (χ0) is 19.4. The molecule has 0 radical (unpaired) electrons. The van der Waals surface area contributed by atoms with Gasteiger partial charge in [0.25, 0.3) is 0 Å². The van der Waals surface area contributed by atoms with Crippen molar-refractivity contribution >= 4 is 18.5 Å². The third-order valence-electron chi connectivity index (χ3n) is 5.51. The molecule has 0 aliphatic heterocycles. The number of hydrogen-bond donors (Lipinski definition) is 1. The number of halogens is 1. The minimum absolute atomic E-state index is 0. The van der Waals surface area contributed by atoms with Crippen molar-refractivity contribution in [2.24, 2.45) is 0 Å². The average Bonchev–Trinajstić information content (AvgIpc) is 2.70. The van der Waals surface area contributed by atoms with Crippen molar-refractivity contribution in [3.63, 3.8) is 0 Å². The molecule has 0 fully saturated rings. The van der Waals surface area contributed by atoms with Crippen LogP contribution in [0.15, 0.2) is 30.8 Å². The molecule has 1 nitrogen and oxygen atoms in total. The second-order valence-electron chi connectivity index (χ2n) is 8.04. The molecule has 1 aromatic rings. The maximum Gasteiger partial charge on any atom is -0.000835 e. The summed E-state index contributed by atoms with van der Waals surface area (Å²) in [5.41, 5.74) is 2.61. The van der Waals surface area contributed by atoms with Gasteiger partial charge < -0.3 is 5.32 Å². The van der Waals surface area contributed by atoms with E-state index in [1.54, 1.807) is 0 Å². The molecule has 28 heavy (non-hydrogen) atoms. The predicted molar refractivity (Wildman–Crippen MR) is 131 cm³/mol. The monoisotopic (exact) mass is 407 g/mol. The smallest absolute Gasteiger partial charge is 0.000835 e. The highest BCUT2D eigenvalue weighted by Gasteiger charge is 1.95. The Bertz CT molecular complexity index is 440. The van der Waals surface area contributed by atoms with Gasteiger partial charge in [0.1, 0.15) is 0 Å². The van der Waals surface area contributed by atoms with Crippen LogP contribution in [0.4, 0.5) is 0 Å². The van der Waals surface area contributed by atoms with E-state index < -0.39 is 0 Å². The lowest BCUT2D eigenvalue weighted by molar-refractivity contribution is 0.530. The van der Waals surface area contributed by atoms with E-state index in [1.165, 1.54) is 108 Å². The lowest BCUT2D eigenvalue weighted by atomic mass is 10.0. The maximum absolute atomic E-state index is 3.80. The van der Waals surface area contributed by atoms with Crippen molar-refractivity contribution in [1.82, 2.24) is 5.32 Å². The molecule has 1 rings (SSSR count). The highest BCUT2D eigenvalue weighted by atomic mass is 35.5. The first-order valence-electron chi connectivity index (χ1n) is 11.8. The van der Waals surface area contributed by atoms with E-state index in [9.17, 15) is 0 Å². The summed E-state index contributed by atoms with van der Waals surface area (Å²) < 4.78 is 0. The molecule has 1 N–H and O–H groups in total. The second kappa shape index (κ2) is 20.9. The first kappa shape index (κ1) is 27.2. The van der Waals surface area contributed by atoms with E-state index >= 15 is 0 Å². The fourth-order valence-corrected chi connectivity index (χ4v) is 3.62. The van der Waals surface area contributed by atoms with Crippen LogP contribution in [0, 0.1) is 0 Å². The summed E-state index contributed by atoms with van der Waals surface area (Å²) >= 11 is 0. The fraction of sp³-hybridized carbons (Fsp3) is 0.692. The summed E-state index contributed by atoms with van der Waals surface area (Å²) in [6, 6.07) is 8.72. The lowest BCUT2D eigenvalue weighted by Gasteiger charge is -2.06. The van der Waals surface area contributed by atoms with Crippen LogP contribution >= 0.6 is 12.4 Å². The van der Waals surface area contributed by atoms with Crippen LogP contribution in [0.1, 0.15) is 108 Å². The van der Waals surface area contributed by atoms with E-state index in [0.717, 1.165) is 13.0 Å². The highest BCUT2D eigenvalue weighted by Crippen LogP contribution is 2.12. The van der Waals surface area contributed by atoms with Crippen molar-refractivity contribution in [2.75, 3.05) is 13.1 Å². The molecule has 0 aliphatic carbocycles. The minimum atomic E-state index is 0. The summed E-state index contributed by atoms with van der Waals surface area (Å²) in [5, 5.41) is 3.59. The standard InChI is InChI=1S/C26H45N.ClH/c1-3-5-6-7-8-9-10-11-12-13-14-15-16-17-23-27-24-22-26-20-18-25(4-2)19-21-26;/h4,18-21,27H,2-3,5-17,22-24H2,1H3;1H. The Balaban J connectivity index is 0.00000729. The molecular formula is C26H46ClN. The van der Waals surface area contributed by atoms with E-state index in [4.69, 9.17) is 0 Å². The molecule has 0 atom stereocenters. The molecule has 1 aromatic carbocycles. The zero-order valence-corrected chi connectivity index (χ0v) is 19.3. The van der Waals surface area contributed by atoms with Gasteiger partial charge in [-0.15, -0.1) is 12.4 Å². The van der Waals surface area contributed by atoms with Crippen molar-refractivity contribution < 1.29 is 0 Å². The Labute approximate surface area is 182 Å². The number of benzene rings is 1. The van der Waals surface area contributed by atoms with Gasteiger partial charge in [0.2, 0.25) is 0 Å². The summed E-state index contributed by atoms with van der Waals surface area (Å²) in [6.45, 7) is 8.35. The topological polar surface area (TPSA) is 12.0 Å². The van der Waals surface area contributed by atoms with Crippen LogP contribution in [-0.2, 0) is 6.42 Å². The van der Waals surface area contributed by atoms with Gasteiger partial charge in [0, 0.05) is 0 Å². The molecule has 0 spiro atoms. The van der Waals surface area contributed by atoms with Gasteiger partial charge in [0.15, 0.2) is 0 Å². The molecule has 0 unspecified atom stereocenters. The molecule has 0 saturated carbocycles. The van der Waals surface area contributed by atoms with Crippen LogP contribution in [0.3, 0.4) is 0 Å². The SMILES string of the molecule is C=Cc1ccc(CCNCCCCCCCCCCCCCCCC)cc1.Cl. The molecule has 0 aliphatic rings. The Morgan fingerprint density at radius 3 is 1.61 bits per heavy atom. The Kier molecular flexibility index (Phi) is 20.3. The summed E-state index contributed by atoms with van der Waals surface area (Å²) in [6.07, 6.45) is 23.1. The van der Waals surface area contributed by atoms with Gasteiger partial charge in [-0.3, -0.25) is 0 Å². The van der Waals surface area contributed by atoms with Crippen molar-refractivity contribution in [1.29, 1.82) is 0 Å². The largest absolute Gasteiger partial charge is 0.316 e. The molecular weight excluding hydrogens is 362 g/mol. The zero-order valence-electron chi connectivity index (χ0n) is 18.5. The van der Waals surface area contributed by atoms with Gasteiger partial charge >= 0.3 is 0 Å². The van der Waals surface area contributed by atoms with E-state index in [2.05, 4.69) is 43.1 Å². The van der Waals surface area contributed by atoms with Gasteiger partial charge in [0.05, 0.1) is 0 Å². The van der Waals surface area contributed by atoms with Gasteiger partial charge in [-0.05, 0) is 37.1 Å². The first-order chi connectivity index (χ1) is 13.4. The highest BCUT2D eigenvalue weighted by molar-refractivity contribution is 5.85. The third kappa shape index (κ3) is 16.2. The van der Waals surface area contributed by atoms with Crippen molar-refractivity contribution in [2.45, 2.75) is 103 Å². The van der Waals surface area contributed by atoms with Crippen LogP contribution in [0.2, 0.25) is 0 Å². The average molecular weight is 408 g/mol. The van der Waals surface area contributed by atoms with Crippen LogP contribution in [0.25, 0.3) is 6.08 Å². The van der Waals surface area contributed by atoms with Crippen molar-refractivity contribution in [3.8, 4) is 0 Å². The van der Waals surface area contributed by atoms with E-state index in [0.29, 0.717) is 0 Å². The quantitative estimate of drug-likeness (QED) is 0.227. The molecule has 0 bridgehead atoms. The third-order valence-corrected chi connectivity index (χ3v) is 5.51. The second-order valence-corrected chi connectivity index (χ2v) is 8.04. The van der Waals surface area contributed by atoms with Gasteiger partial charge in [-0.2, -0.15) is 0 Å². The van der Waals surface area contributed by atoms with Crippen LogP contribution in [-0.4, -0.2) is 13.1 Å². The first-order valence-corrected chi connectivity index (χ1v) is 11.8. The van der Waals surface area contributed by atoms with E-state index in [1.807, 2.05) is 6.08 Å². The maximum atomic E-state index is 3.80. The Hall–Kier alpha value is -0.790. The van der Waals surface area contributed by atoms with Gasteiger partial charge in [-0.1, -0.05) is 127 Å². The normalized spacial score (nSPS) is 10.6. The predicted octanol–water partition coefficient (Wildman–Crippen LogP) is 8.36. The van der Waals surface area contributed by atoms with E-state index in [-0.39, 0.29) is 12.4 Å². The Morgan fingerprint density at radius 2 is 1.14 bits per heavy atom. The molecule has 0 aromatic heterocycles. The Morgan fingerprint density at radius 1 is 0.679 bits per heavy atom. The summed E-state index contributed by atoms with van der Waals surface area (Å²) in [7, 11) is 0. The molecule has 2 heteroatoms. The molecule has 162 valence electrons. The summed E-state index contributed by atoms with van der Waals surface area (Å²) in [5.74, 6) is 0. The molecule has 0 saturated heterocycles. The fourth-order valence-electron chi connectivity index (χ4n) is 3.62. The molecule has 0 amide bonds. The number of rotatable bonds is 19. The van der Waals surface area contributed by atoms with Crippen molar-refractivity contribution in [3.05, 3.63) is 42.0 Å². The van der Waals surface area contributed by atoms with Crippen LogP contribution in [0.5, 0.6) is 0 Å². The lowest BCUT2D eigenvalue weighted by Crippen LogP contribution is -2.18. The number of unbranched alkanes of at least 4 members (excludes halogenated alkanes) is 13.